The van der Waals surface area contributed by atoms with E-state index in [1.165, 1.54) is 9.26 Å². The third-order valence-electron chi connectivity index (χ3n) is 2.89. The van der Waals surface area contributed by atoms with Crippen molar-refractivity contribution >= 4 is 28.3 Å². The third kappa shape index (κ3) is 3.25. The predicted molar refractivity (Wildman–Crippen MR) is 83.8 cm³/mol. The van der Waals surface area contributed by atoms with E-state index >= 15 is 0 Å². The van der Waals surface area contributed by atoms with Gasteiger partial charge in [-0.1, -0.05) is 6.92 Å². The molecule has 0 spiro atoms. The molecular formula is C14H18IN3. The molecule has 0 fully saturated rings. The van der Waals surface area contributed by atoms with Crippen molar-refractivity contribution in [2.75, 3.05) is 5.32 Å². The number of hydrogen-bond donors (Lipinski definition) is 1. The number of anilines is 1. The second-order valence-electron chi connectivity index (χ2n) is 4.16. The maximum absolute atomic E-state index is 4.55. The lowest BCUT2D eigenvalue weighted by molar-refractivity contribution is 0.619. The van der Waals surface area contributed by atoms with E-state index in [9.17, 15) is 0 Å². The highest BCUT2D eigenvalue weighted by Gasteiger charge is 2.05. The zero-order valence-corrected chi connectivity index (χ0v) is 12.9. The highest BCUT2D eigenvalue weighted by Crippen LogP contribution is 2.13. The average molecular weight is 355 g/mol. The molecule has 2 aromatic rings. The van der Waals surface area contributed by atoms with Crippen LogP contribution in [0, 0.1) is 3.57 Å². The van der Waals surface area contributed by atoms with E-state index in [2.05, 4.69) is 81.9 Å². The molecule has 0 amide bonds. The Morgan fingerprint density at radius 2 is 1.94 bits per heavy atom. The molecule has 0 radical (unpaired) electrons. The molecule has 0 unspecified atom stereocenters. The molecule has 1 aromatic carbocycles. The molecular weight excluding hydrogens is 337 g/mol. The summed E-state index contributed by atoms with van der Waals surface area (Å²) in [5, 5.41) is 7.99. The Kier molecular flexibility index (Phi) is 4.63. The summed E-state index contributed by atoms with van der Waals surface area (Å²) in [6.45, 7) is 6.00. The smallest absolute Gasteiger partial charge is 0.0625 e. The molecule has 0 aliphatic heterocycles. The predicted octanol–water partition coefficient (Wildman–Crippen LogP) is 3.68. The van der Waals surface area contributed by atoms with Crippen LogP contribution in [-0.4, -0.2) is 9.78 Å². The van der Waals surface area contributed by atoms with E-state index in [4.69, 9.17) is 0 Å². The molecule has 4 heteroatoms. The number of rotatable bonds is 5. The molecule has 1 aromatic heterocycles. The summed E-state index contributed by atoms with van der Waals surface area (Å²) in [5.41, 5.74) is 3.56. The van der Waals surface area contributed by atoms with E-state index in [1.54, 1.807) is 0 Å². The van der Waals surface area contributed by atoms with Crippen LogP contribution in [0.4, 0.5) is 5.69 Å². The Labute approximate surface area is 122 Å². The van der Waals surface area contributed by atoms with Crippen molar-refractivity contribution in [2.24, 2.45) is 0 Å². The molecule has 96 valence electrons. The Morgan fingerprint density at radius 1 is 1.22 bits per heavy atom. The molecule has 3 nitrogen and oxygen atoms in total. The van der Waals surface area contributed by atoms with Gasteiger partial charge >= 0.3 is 0 Å². The number of halogens is 1. The second kappa shape index (κ2) is 6.22. The molecule has 0 saturated carbocycles. The molecule has 0 bridgehead atoms. The van der Waals surface area contributed by atoms with Crippen LogP contribution in [0.3, 0.4) is 0 Å². The summed E-state index contributed by atoms with van der Waals surface area (Å²) in [6, 6.07) is 10.6. The van der Waals surface area contributed by atoms with Crippen molar-refractivity contribution < 1.29 is 0 Å². The molecule has 18 heavy (non-hydrogen) atoms. The van der Waals surface area contributed by atoms with Gasteiger partial charge < -0.3 is 5.32 Å². The van der Waals surface area contributed by atoms with E-state index in [0.29, 0.717) is 0 Å². The van der Waals surface area contributed by atoms with Crippen molar-refractivity contribution in [1.29, 1.82) is 0 Å². The summed E-state index contributed by atoms with van der Waals surface area (Å²) in [4.78, 5) is 0. The highest BCUT2D eigenvalue weighted by molar-refractivity contribution is 14.1. The number of hydrogen-bond acceptors (Lipinski definition) is 2. The minimum atomic E-state index is 0.821. The van der Waals surface area contributed by atoms with Gasteiger partial charge in [-0.05, 0) is 66.3 Å². The summed E-state index contributed by atoms with van der Waals surface area (Å²) >= 11 is 2.31. The van der Waals surface area contributed by atoms with Gasteiger partial charge in [0.15, 0.2) is 0 Å². The fraction of sp³-hybridized carbons (Fsp3) is 0.357. The van der Waals surface area contributed by atoms with Crippen molar-refractivity contribution in [3.63, 3.8) is 0 Å². The lowest BCUT2D eigenvalue weighted by Gasteiger charge is -2.07. The lowest BCUT2D eigenvalue weighted by Crippen LogP contribution is -2.07. The van der Waals surface area contributed by atoms with Crippen LogP contribution in [0.15, 0.2) is 30.3 Å². The molecule has 1 N–H and O–H groups in total. The number of nitrogens with one attached hydrogen (secondary N) is 1. The first-order valence-corrected chi connectivity index (χ1v) is 7.35. The number of nitrogens with zero attached hydrogens (tertiary/aromatic N) is 2. The molecule has 2 rings (SSSR count). The van der Waals surface area contributed by atoms with Gasteiger partial charge in [-0.15, -0.1) is 0 Å². The monoisotopic (exact) mass is 355 g/mol. The van der Waals surface area contributed by atoms with E-state index < -0.39 is 0 Å². The molecule has 1 heterocycles. The minimum absolute atomic E-state index is 0.821. The van der Waals surface area contributed by atoms with E-state index in [1.807, 2.05) is 0 Å². The standard InChI is InChI=1S/C14H18IN3/c1-3-12-9-14(18(4-2)17-12)10-16-13-7-5-11(15)6-8-13/h5-9,16H,3-4,10H2,1-2H3. The van der Waals surface area contributed by atoms with Crippen molar-refractivity contribution in [3.8, 4) is 0 Å². The Balaban J connectivity index is 2.05. The second-order valence-corrected chi connectivity index (χ2v) is 5.40. The largest absolute Gasteiger partial charge is 0.379 e. The number of aromatic nitrogens is 2. The van der Waals surface area contributed by atoms with Gasteiger partial charge in [-0.25, -0.2) is 0 Å². The van der Waals surface area contributed by atoms with Gasteiger partial charge in [0.1, 0.15) is 0 Å². The Hall–Kier alpha value is -1.04. The van der Waals surface area contributed by atoms with Crippen LogP contribution in [0.5, 0.6) is 0 Å². The first-order valence-electron chi connectivity index (χ1n) is 6.28. The van der Waals surface area contributed by atoms with Crippen LogP contribution in [0.1, 0.15) is 25.2 Å². The Morgan fingerprint density at radius 3 is 2.56 bits per heavy atom. The normalized spacial score (nSPS) is 10.6. The van der Waals surface area contributed by atoms with Crippen molar-refractivity contribution in [1.82, 2.24) is 9.78 Å². The topological polar surface area (TPSA) is 29.9 Å². The summed E-state index contributed by atoms with van der Waals surface area (Å²) in [5.74, 6) is 0. The molecule has 0 aliphatic rings. The maximum atomic E-state index is 4.55. The summed E-state index contributed by atoms with van der Waals surface area (Å²) in [7, 11) is 0. The first-order chi connectivity index (χ1) is 8.72. The van der Waals surface area contributed by atoms with Gasteiger partial charge in [-0.3, -0.25) is 4.68 Å². The molecule has 0 aliphatic carbocycles. The SMILES string of the molecule is CCc1cc(CNc2ccc(I)cc2)n(CC)n1. The van der Waals surface area contributed by atoms with Crippen LogP contribution in [-0.2, 0) is 19.5 Å². The fourth-order valence-electron chi connectivity index (χ4n) is 1.86. The van der Waals surface area contributed by atoms with Gasteiger partial charge in [-0.2, -0.15) is 5.10 Å². The maximum Gasteiger partial charge on any atom is 0.0625 e. The highest BCUT2D eigenvalue weighted by atomic mass is 127. The van der Waals surface area contributed by atoms with Crippen molar-refractivity contribution in [3.05, 3.63) is 45.3 Å². The minimum Gasteiger partial charge on any atom is -0.379 e. The summed E-state index contributed by atoms with van der Waals surface area (Å²) < 4.78 is 3.32. The fourth-order valence-corrected chi connectivity index (χ4v) is 2.22. The van der Waals surface area contributed by atoms with Gasteiger partial charge in [0.2, 0.25) is 0 Å². The molecule has 0 saturated heterocycles. The van der Waals surface area contributed by atoms with Crippen molar-refractivity contribution in [2.45, 2.75) is 33.4 Å². The molecule has 0 atom stereocenters. The number of aryl methyl sites for hydroxylation is 2. The summed E-state index contributed by atoms with van der Waals surface area (Å²) in [6.07, 6.45) is 0.990. The third-order valence-corrected chi connectivity index (χ3v) is 3.61. The Bertz CT molecular complexity index is 502. The quantitative estimate of drug-likeness (QED) is 0.830. The van der Waals surface area contributed by atoms with Crippen LogP contribution >= 0.6 is 22.6 Å². The first kappa shape index (κ1) is 13.4. The van der Waals surface area contributed by atoms with Crippen LogP contribution < -0.4 is 5.32 Å². The van der Waals surface area contributed by atoms with Gasteiger partial charge in [0, 0.05) is 15.8 Å². The van der Waals surface area contributed by atoms with Crippen LogP contribution in [0.2, 0.25) is 0 Å². The average Bonchev–Trinajstić information content (AvgIpc) is 2.80. The number of benzene rings is 1. The zero-order valence-electron chi connectivity index (χ0n) is 10.8. The van der Waals surface area contributed by atoms with E-state index in [-0.39, 0.29) is 0 Å². The zero-order chi connectivity index (χ0) is 13.0. The van der Waals surface area contributed by atoms with Gasteiger partial charge in [0.05, 0.1) is 17.9 Å². The lowest BCUT2D eigenvalue weighted by atomic mass is 10.3. The van der Waals surface area contributed by atoms with Crippen LogP contribution in [0.25, 0.3) is 0 Å². The van der Waals surface area contributed by atoms with Gasteiger partial charge in [0.25, 0.3) is 0 Å². The van der Waals surface area contributed by atoms with E-state index in [0.717, 1.165) is 30.9 Å².